The van der Waals surface area contributed by atoms with E-state index in [1.807, 2.05) is 0 Å². The Morgan fingerprint density at radius 2 is 2.35 bits per heavy atom. The number of hydrogen-bond donors (Lipinski definition) is 1. The summed E-state index contributed by atoms with van der Waals surface area (Å²) in [5, 5.41) is 6.83. The van der Waals surface area contributed by atoms with Crippen LogP contribution in [0.2, 0.25) is 0 Å². The van der Waals surface area contributed by atoms with Gasteiger partial charge in [-0.2, -0.15) is 4.98 Å². The molecule has 0 radical (unpaired) electrons. The topological polar surface area (TPSA) is 94.3 Å². The van der Waals surface area contributed by atoms with E-state index in [0.29, 0.717) is 5.89 Å². The minimum atomic E-state index is -3.13. The summed E-state index contributed by atoms with van der Waals surface area (Å²) in [4.78, 5) is 4.07. The molecule has 0 saturated carbocycles. The molecule has 1 aromatic heterocycles. The van der Waals surface area contributed by atoms with Gasteiger partial charge in [-0.1, -0.05) is 5.16 Å². The molecule has 0 amide bonds. The summed E-state index contributed by atoms with van der Waals surface area (Å²) in [6.07, 6.45) is 2.01. The molecule has 17 heavy (non-hydrogen) atoms. The van der Waals surface area contributed by atoms with Gasteiger partial charge >= 0.3 is 0 Å². The summed E-state index contributed by atoms with van der Waals surface area (Å²) in [7, 11) is -1.48. The van der Waals surface area contributed by atoms with Crippen LogP contribution in [0.25, 0.3) is 0 Å². The molecule has 1 fully saturated rings. The Kier molecular flexibility index (Phi) is 3.45. The zero-order valence-electron chi connectivity index (χ0n) is 9.71. The van der Waals surface area contributed by atoms with Gasteiger partial charge in [-0.25, -0.2) is 8.42 Å². The standard InChI is InChI=1S/C9H15N3O4S/c1-15-6-3-7(10-4-6)9-11-8(12-16-9)5-17(2,13)14/h6-7,10H,3-5H2,1-2H3. The Hall–Kier alpha value is -0.990. The van der Waals surface area contributed by atoms with Gasteiger partial charge in [0, 0.05) is 19.9 Å². The van der Waals surface area contributed by atoms with Crippen LogP contribution < -0.4 is 5.32 Å². The normalized spacial score (nSPS) is 25.3. The van der Waals surface area contributed by atoms with Crippen molar-refractivity contribution >= 4 is 9.84 Å². The lowest BCUT2D eigenvalue weighted by Crippen LogP contribution is -2.16. The fourth-order valence-electron chi connectivity index (χ4n) is 1.77. The summed E-state index contributed by atoms with van der Waals surface area (Å²) < 4.78 is 32.4. The molecule has 1 N–H and O–H groups in total. The van der Waals surface area contributed by atoms with Gasteiger partial charge in [-0.15, -0.1) is 0 Å². The maximum atomic E-state index is 11.1. The fourth-order valence-corrected chi connectivity index (χ4v) is 2.36. The third kappa shape index (κ3) is 3.24. The van der Waals surface area contributed by atoms with Gasteiger partial charge in [0.05, 0.1) is 12.1 Å². The Balaban J connectivity index is 2.04. The minimum Gasteiger partial charge on any atom is -0.380 e. The number of sulfone groups is 1. The lowest BCUT2D eigenvalue weighted by molar-refractivity contribution is 0.116. The molecule has 1 aliphatic rings. The Morgan fingerprint density at radius 1 is 1.59 bits per heavy atom. The molecule has 1 aliphatic heterocycles. The van der Waals surface area contributed by atoms with Crippen molar-refractivity contribution in [2.45, 2.75) is 24.3 Å². The van der Waals surface area contributed by atoms with Crippen molar-refractivity contribution in [2.24, 2.45) is 0 Å². The molecule has 1 aromatic rings. The highest BCUT2D eigenvalue weighted by molar-refractivity contribution is 7.89. The van der Waals surface area contributed by atoms with Gasteiger partial charge in [0.25, 0.3) is 0 Å². The van der Waals surface area contributed by atoms with E-state index in [-0.39, 0.29) is 23.7 Å². The second kappa shape index (κ2) is 4.71. The molecule has 8 heteroatoms. The molecule has 0 bridgehead atoms. The van der Waals surface area contributed by atoms with E-state index in [1.54, 1.807) is 7.11 Å². The quantitative estimate of drug-likeness (QED) is 0.792. The van der Waals surface area contributed by atoms with Gasteiger partial charge in [-0.3, -0.25) is 0 Å². The smallest absolute Gasteiger partial charge is 0.243 e. The van der Waals surface area contributed by atoms with Crippen molar-refractivity contribution in [1.82, 2.24) is 15.5 Å². The van der Waals surface area contributed by atoms with Gasteiger partial charge in [0.2, 0.25) is 5.89 Å². The van der Waals surface area contributed by atoms with Crippen LogP contribution in [0.3, 0.4) is 0 Å². The Bertz CT molecular complexity index is 484. The molecular weight excluding hydrogens is 246 g/mol. The fraction of sp³-hybridized carbons (Fsp3) is 0.778. The van der Waals surface area contributed by atoms with Crippen LogP contribution >= 0.6 is 0 Å². The van der Waals surface area contributed by atoms with Crippen LogP contribution in [0, 0.1) is 0 Å². The third-order valence-corrected chi connectivity index (χ3v) is 3.38. The van der Waals surface area contributed by atoms with E-state index in [1.165, 1.54) is 0 Å². The highest BCUT2D eigenvalue weighted by Gasteiger charge is 2.29. The second-order valence-electron chi connectivity index (χ2n) is 4.17. The first kappa shape index (κ1) is 12.5. The molecule has 7 nitrogen and oxygen atoms in total. The maximum absolute atomic E-state index is 11.1. The Morgan fingerprint density at radius 3 is 2.94 bits per heavy atom. The average molecular weight is 261 g/mol. The van der Waals surface area contributed by atoms with Crippen molar-refractivity contribution in [3.63, 3.8) is 0 Å². The van der Waals surface area contributed by atoms with Crippen molar-refractivity contribution in [3.05, 3.63) is 11.7 Å². The van der Waals surface area contributed by atoms with Crippen LogP contribution in [0.5, 0.6) is 0 Å². The average Bonchev–Trinajstić information content (AvgIpc) is 2.82. The number of ether oxygens (including phenoxy) is 1. The van der Waals surface area contributed by atoms with Crippen molar-refractivity contribution in [1.29, 1.82) is 0 Å². The summed E-state index contributed by atoms with van der Waals surface area (Å²) in [5.41, 5.74) is 0. The van der Waals surface area contributed by atoms with Crippen LogP contribution in [0.1, 0.15) is 24.2 Å². The molecule has 0 aromatic carbocycles. The molecule has 2 unspecified atom stereocenters. The molecule has 96 valence electrons. The number of hydrogen-bond acceptors (Lipinski definition) is 7. The summed E-state index contributed by atoms with van der Waals surface area (Å²) in [6, 6.07) is -0.0549. The summed E-state index contributed by atoms with van der Waals surface area (Å²) in [5.74, 6) is 0.421. The summed E-state index contributed by atoms with van der Waals surface area (Å²) >= 11 is 0. The van der Waals surface area contributed by atoms with Crippen LogP contribution in [-0.2, 0) is 20.3 Å². The first-order chi connectivity index (χ1) is 7.98. The van der Waals surface area contributed by atoms with Crippen molar-refractivity contribution < 1.29 is 17.7 Å². The van der Waals surface area contributed by atoms with E-state index in [9.17, 15) is 8.42 Å². The number of aromatic nitrogens is 2. The molecule has 1 saturated heterocycles. The van der Waals surface area contributed by atoms with E-state index >= 15 is 0 Å². The van der Waals surface area contributed by atoms with Crippen LogP contribution in [0.15, 0.2) is 4.52 Å². The van der Waals surface area contributed by atoms with Crippen LogP contribution in [0.4, 0.5) is 0 Å². The van der Waals surface area contributed by atoms with Gasteiger partial charge in [0.1, 0.15) is 5.75 Å². The molecule has 0 aliphatic carbocycles. The number of nitrogens with zero attached hydrogens (tertiary/aromatic N) is 2. The monoisotopic (exact) mass is 261 g/mol. The predicted molar refractivity (Wildman–Crippen MR) is 59.0 cm³/mol. The number of rotatable bonds is 4. The van der Waals surface area contributed by atoms with E-state index in [0.717, 1.165) is 19.2 Å². The molecule has 2 rings (SSSR count). The predicted octanol–water partition coefficient (Wildman–Crippen LogP) is -0.336. The van der Waals surface area contributed by atoms with E-state index in [4.69, 9.17) is 9.26 Å². The SMILES string of the molecule is COC1CNC(c2nc(CS(C)(=O)=O)no2)C1. The van der Waals surface area contributed by atoms with E-state index in [2.05, 4.69) is 15.5 Å². The summed E-state index contributed by atoms with van der Waals surface area (Å²) in [6.45, 7) is 0.727. The van der Waals surface area contributed by atoms with Crippen molar-refractivity contribution in [3.8, 4) is 0 Å². The zero-order chi connectivity index (χ0) is 12.5. The third-order valence-electron chi connectivity index (χ3n) is 2.60. The first-order valence-electron chi connectivity index (χ1n) is 5.24. The van der Waals surface area contributed by atoms with Gasteiger partial charge in [0.15, 0.2) is 15.7 Å². The molecule has 0 spiro atoms. The second-order valence-corrected chi connectivity index (χ2v) is 6.31. The number of nitrogens with one attached hydrogen (secondary N) is 1. The van der Waals surface area contributed by atoms with Crippen molar-refractivity contribution in [2.75, 3.05) is 19.9 Å². The van der Waals surface area contributed by atoms with Gasteiger partial charge < -0.3 is 14.6 Å². The highest BCUT2D eigenvalue weighted by Crippen LogP contribution is 2.23. The first-order valence-corrected chi connectivity index (χ1v) is 7.30. The lowest BCUT2D eigenvalue weighted by Gasteiger charge is -2.04. The minimum absolute atomic E-state index is 0.0549. The maximum Gasteiger partial charge on any atom is 0.243 e. The zero-order valence-corrected chi connectivity index (χ0v) is 10.5. The highest BCUT2D eigenvalue weighted by atomic mass is 32.2. The molecule has 2 heterocycles. The van der Waals surface area contributed by atoms with Crippen LogP contribution in [-0.4, -0.2) is 44.6 Å². The molecule has 2 atom stereocenters. The van der Waals surface area contributed by atoms with Gasteiger partial charge in [-0.05, 0) is 6.42 Å². The lowest BCUT2D eigenvalue weighted by atomic mass is 10.2. The van der Waals surface area contributed by atoms with E-state index < -0.39 is 9.84 Å². The number of methoxy groups -OCH3 is 1. The Labute approximate surface area is 99.5 Å². The largest absolute Gasteiger partial charge is 0.380 e. The molecular formula is C9H15N3O4S.